The molecule has 2 atom stereocenters. The molecule has 0 aromatic heterocycles. The molecule has 1 aromatic carbocycles. The molecule has 0 saturated carbocycles. The summed E-state index contributed by atoms with van der Waals surface area (Å²) in [6, 6.07) is 8.46. The minimum absolute atomic E-state index is 0.0471. The van der Waals surface area contributed by atoms with Gasteiger partial charge in [-0.1, -0.05) is 18.2 Å². The standard InChI is InChI=1S/C19H24N2O3/c1-13-17(9-14-5-2-3-7-18(14)24-13)19(22)20-10-16-11-21-8-4-6-15(21)12-23-16/h2-3,5,7,15-16H,4,6,8-12H2,1H3,(H,20,22)/t15-,16-/m1/s1. The normalized spacial score (nSPS) is 26.5. The summed E-state index contributed by atoms with van der Waals surface area (Å²) in [6.07, 6.45) is 3.20. The Balaban J connectivity index is 1.35. The lowest BCUT2D eigenvalue weighted by molar-refractivity contribution is -0.119. The highest BCUT2D eigenvalue weighted by Crippen LogP contribution is 2.29. The molecule has 3 aliphatic rings. The van der Waals surface area contributed by atoms with Gasteiger partial charge in [-0.2, -0.15) is 0 Å². The molecule has 24 heavy (non-hydrogen) atoms. The van der Waals surface area contributed by atoms with Crippen molar-refractivity contribution >= 4 is 5.91 Å². The molecule has 5 heteroatoms. The molecule has 1 amide bonds. The van der Waals surface area contributed by atoms with Crippen LogP contribution in [0.1, 0.15) is 25.3 Å². The van der Waals surface area contributed by atoms with E-state index in [1.54, 1.807) is 0 Å². The summed E-state index contributed by atoms with van der Waals surface area (Å²) in [4.78, 5) is 15.1. The third-order valence-electron chi connectivity index (χ3n) is 5.25. The number of fused-ring (bicyclic) bond motifs is 2. The smallest absolute Gasteiger partial charge is 0.251 e. The maximum Gasteiger partial charge on any atom is 0.251 e. The molecule has 0 spiro atoms. The number of rotatable bonds is 3. The summed E-state index contributed by atoms with van der Waals surface area (Å²) in [6.45, 7) is 5.28. The Bertz CT molecular complexity index is 670. The molecule has 5 nitrogen and oxygen atoms in total. The van der Waals surface area contributed by atoms with Gasteiger partial charge < -0.3 is 14.8 Å². The number of benzene rings is 1. The third-order valence-corrected chi connectivity index (χ3v) is 5.25. The average Bonchev–Trinajstić information content (AvgIpc) is 3.06. The summed E-state index contributed by atoms with van der Waals surface area (Å²) >= 11 is 0. The fourth-order valence-corrected chi connectivity index (χ4v) is 3.85. The van der Waals surface area contributed by atoms with Gasteiger partial charge in [-0.15, -0.1) is 0 Å². The summed E-state index contributed by atoms with van der Waals surface area (Å²) in [7, 11) is 0. The topological polar surface area (TPSA) is 50.8 Å². The molecule has 2 saturated heterocycles. The number of morpholine rings is 1. The lowest BCUT2D eigenvalue weighted by Gasteiger charge is -2.35. The molecule has 0 aliphatic carbocycles. The Hall–Kier alpha value is -1.85. The largest absolute Gasteiger partial charge is 0.461 e. The van der Waals surface area contributed by atoms with E-state index in [-0.39, 0.29) is 12.0 Å². The lowest BCUT2D eigenvalue weighted by Crippen LogP contribution is -2.50. The van der Waals surface area contributed by atoms with Crippen molar-refractivity contribution < 1.29 is 14.3 Å². The fourth-order valence-electron chi connectivity index (χ4n) is 3.85. The van der Waals surface area contributed by atoms with Crippen LogP contribution in [-0.2, 0) is 16.0 Å². The van der Waals surface area contributed by atoms with E-state index in [0.29, 0.717) is 30.3 Å². The highest BCUT2D eigenvalue weighted by Gasteiger charge is 2.32. The van der Waals surface area contributed by atoms with Gasteiger partial charge in [-0.25, -0.2) is 0 Å². The first-order chi connectivity index (χ1) is 11.7. The Morgan fingerprint density at radius 2 is 2.25 bits per heavy atom. The Labute approximate surface area is 142 Å². The quantitative estimate of drug-likeness (QED) is 0.920. The molecule has 4 rings (SSSR count). The van der Waals surface area contributed by atoms with Gasteiger partial charge in [0, 0.05) is 25.6 Å². The molecule has 0 bridgehead atoms. The SMILES string of the molecule is CC1=C(C(=O)NC[C@@H]2CN3CCC[C@@H]3CO2)Cc2ccccc2O1. The molecule has 3 heterocycles. The van der Waals surface area contributed by atoms with Crippen molar-refractivity contribution in [2.45, 2.75) is 38.3 Å². The summed E-state index contributed by atoms with van der Waals surface area (Å²) in [5.41, 5.74) is 1.77. The van der Waals surface area contributed by atoms with Crippen molar-refractivity contribution in [3.63, 3.8) is 0 Å². The highest BCUT2D eigenvalue weighted by molar-refractivity contribution is 5.94. The number of hydrogen-bond acceptors (Lipinski definition) is 4. The van der Waals surface area contributed by atoms with Crippen molar-refractivity contribution in [1.82, 2.24) is 10.2 Å². The van der Waals surface area contributed by atoms with Crippen LogP contribution in [0.25, 0.3) is 0 Å². The number of nitrogens with one attached hydrogen (secondary N) is 1. The number of amides is 1. The van der Waals surface area contributed by atoms with E-state index >= 15 is 0 Å². The number of carbonyl (C=O) groups excluding carboxylic acids is 1. The van der Waals surface area contributed by atoms with E-state index in [1.807, 2.05) is 31.2 Å². The van der Waals surface area contributed by atoms with E-state index in [4.69, 9.17) is 9.47 Å². The molecule has 3 aliphatic heterocycles. The fraction of sp³-hybridized carbons (Fsp3) is 0.526. The molecular formula is C19H24N2O3. The van der Waals surface area contributed by atoms with Gasteiger partial charge in [0.25, 0.3) is 5.91 Å². The molecule has 1 N–H and O–H groups in total. The number of ether oxygens (including phenoxy) is 2. The van der Waals surface area contributed by atoms with Gasteiger partial charge in [0.15, 0.2) is 0 Å². The number of para-hydroxylation sites is 1. The highest BCUT2D eigenvalue weighted by atomic mass is 16.5. The Morgan fingerprint density at radius 3 is 3.17 bits per heavy atom. The summed E-state index contributed by atoms with van der Waals surface area (Å²) < 4.78 is 11.7. The van der Waals surface area contributed by atoms with Crippen LogP contribution < -0.4 is 10.1 Å². The van der Waals surface area contributed by atoms with E-state index in [2.05, 4.69) is 10.2 Å². The number of carbonyl (C=O) groups is 1. The maximum absolute atomic E-state index is 12.6. The van der Waals surface area contributed by atoms with Gasteiger partial charge in [-0.3, -0.25) is 9.69 Å². The second-order valence-electron chi connectivity index (χ2n) is 6.88. The third kappa shape index (κ3) is 3.06. The van der Waals surface area contributed by atoms with Crippen molar-refractivity contribution in [2.24, 2.45) is 0 Å². The van der Waals surface area contributed by atoms with Crippen LogP contribution in [0.15, 0.2) is 35.6 Å². The lowest BCUT2D eigenvalue weighted by atomic mass is 10.00. The van der Waals surface area contributed by atoms with Crippen LogP contribution in [0.2, 0.25) is 0 Å². The molecular weight excluding hydrogens is 304 g/mol. The monoisotopic (exact) mass is 328 g/mol. The van der Waals surface area contributed by atoms with Gasteiger partial charge in [0.1, 0.15) is 11.5 Å². The van der Waals surface area contributed by atoms with Gasteiger partial charge >= 0.3 is 0 Å². The van der Waals surface area contributed by atoms with E-state index < -0.39 is 0 Å². The number of nitrogens with zero attached hydrogens (tertiary/aromatic N) is 1. The van der Waals surface area contributed by atoms with Gasteiger partial charge in [-0.05, 0) is 37.9 Å². The van der Waals surface area contributed by atoms with Crippen LogP contribution in [0, 0.1) is 0 Å². The molecule has 128 valence electrons. The first kappa shape index (κ1) is 15.7. The predicted molar refractivity (Wildman–Crippen MR) is 90.8 cm³/mol. The van der Waals surface area contributed by atoms with Gasteiger partial charge in [0.2, 0.25) is 0 Å². The Kier molecular flexibility index (Phi) is 4.29. The molecule has 2 fully saturated rings. The second-order valence-corrected chi connectivity index (χ2v) is 6.88. The average molecular weight is 328 g/mol. The zero-order valence-electron chi connectivity index (χ0n) is 14.1. The van der Waals surface area contributed by atoms with E-state index in [1.165, 1.54) is 12.8 Å². The molecule has 1 aromatic rings. The van der Waals surface area contributed by atoms with Crippen molar-refractivity contribution in [3.8, 4) is 5.75 Å². The van der Waals surface area contributed by atoms with Crippen LogP contribution in [-0.4, -0.2) is 49.2 Å². The summed E-state index contributed by atoms with van der Waals surface area (Å²) in [5, 5.41) is 3.03. The molecule has 0 radical (unpaired) electrons. The first-order valence-electron chi connectivity index (χ1n) is 8.80. The Morgan fingerprint density at radius 1 is 1.38 bits per heavy atom. The predicted octanol–water partition coefficient (Wildman–Crippen LogP) is 1.87. The van der Waals surface area contributed by atoms with Crippen molar-refractivity contribution in [3.05, 3.63) is 41.2 Å². The van der Waals surface area contributed by atoms with Gasteiger partial charge in [0.05, 0.1) is 18.3 Å². The maximum atomic E-state index is 12.6. The van der Waals surface area contributed by atoms with Crippen molar-refractivity contribution in [2.75, 3.05) is 26.2 Å². The van der Waals surface area contributed by atoms with Crippen LogP contribution in [0.5, 0.6) is 5.75 Å². The second kappa shape index (κ2) is 6.57. The van der Waals surface area contributed by atoms with Crippen LogP contribution >= 0.6 is 0 Å². The molecule has 0 unspecified atom stereocenters. The first-order valence-corrected chi connectivity index (χ1v) is 8.80. The minimum atomic E-state index is -0.0471. The van der Waals surface area contributed by atoms with Crippen LogP contribution in [0.3, 0.4) is 0 Å². The number of hydrogen-bond donors (Lipinski definition) is 1. The minimum Gasteiger partial charge on any atom is -0.461 e. The number of allylic oxidation sites excluding steroid dienone is 1. The van der Waals surface area contributed by atoms with Crippen molar-refractivity contribution in [1.29, 1.82) is 0 Å². The van der Waals surface area contributed by atoms with E-state index in [0.717, 1.165) is 31.0 Å². The van der Waals surface area contributed by atoms with Crippen LogP contribution in [0.4, 0.5) is 0 Å². The van der Waals surface area contributed by atoms with E-state index in [9.17, 15) is 4.79 Å². The summed E-state index contributed by atoms with van der Waals surface area (Å²) in [5.74, 6) is 1.49. The zero-order valence-corrected chi connectivity index (χ0v) is 14.1. The zero-order chi connectivity index (χ0) is 16.5.